The number of hydrogen-bond donors (Lipinski definition) is 1. The van der Waals surface area contributed by atoms with Gasteiger partial charge in [0.05, 0.1) is 15.6 Å². The molecule has 134 valence electrons. The average Bonchev–Trinajstić information content (AvgIpc) is 2.65. The molecule has 0 aliphatic heterocycles. The van der Waals surface area contributed by atoms with Gasteiger partial charge >= 0.3 is 0 Å². The lowest BCUT2D eigenvalue weighted by Gasteiger charge is -2.23. The second kappa shape index (κ2) is 7.91. The Hall–Kier alpha value is -2.34. The normalized spacial score (nSPS) is 11.6. The van der Waals surface area contributed by atoms with Crippen molar-refractivity contribution >= 4 is 27.3 Å². The molecule has 0 aliphatic rings. The molecule has 4 nitrogen and oxygen atoms in total. The third-order valence-electron chi connectivity index (χ3n) is 4.01. The largest absolute Gasteiger partial charge is 0.397 e. The summed E-state index contributed by atoms with van der Waals surface area (Å²) in [6.45, 7) is 0.529. The Kier molecular flexibility index (Phi) is 5.61. The third-order valence-corrected chi connectivity index (χ3v) is 6.14. The molecule has 0 unspecified atom stereocenters. The van der Waals surface area contributed by atoms with Gasteiger partial charge in [0.1, 0.15) is 0 Å². The minimum atomic E-state index is -3.74. The van der Waals surface area contributed by atoms with Gasteiger partial charge in [0.25, 0.3) is 0 Å². The number of halogens is 1. The van der Waals surface area contributed by atoms with Crippen LogP contribution in [-0.4, -0.2) is 12.7 Å². The molecule has 3 aromatic carbocycles. The van der Waals surface area contributed by atoms with E-state index in [0.29, 0.717) is 5.02 Å². The molecule has 0 aromatic heterocycles. The lowest BCUT2D eigenvalue weighted by Crippen LogP contribution is -2.30. The van der Waals surface area contributed by atoms with Crippen molar-refractivity contribution in [3.8, 4) is 0 Å². The van der Waals surface area contributed by atoms with Gasteiger partial charge in [-0.05, 0) is 29.3 Å². The van der Waals surface area contributed by atoms with Crippen LogP contribution >= 0.6 is 11.6 Å². The number of rotatable bonds is 6. The summed E-state index contributed by atoms with van der Waals surface area (Å²) in [6.07, 6.45) is 0. The first-order chi connectivity index (χ1) is 12.5. The Morgan fingerprint density at radius 3 is 1.77 bits per heavy atom. The predicted molar refractivity (Wildman–Crippen MR) is 105 cm³/mol. The average molecular weight is 387 g/mol. The first-order valence-corrected chi connectivity index (χ1v) is 9.91. The molecule has 0 saturated heterocycles. The molecule has 3 rings (SSSR count). The van der Waals surface area contributed by atoms with Gasteiger partial charge in [-0.25, -0.2) is 8.42 Å². The SMILES string of the molecule is Nc1cc(S(=O)(=O)N(Cc2ccccc2)Cc2ccccc2)ccc1Cl. The molecule has 0 heterocycles. The number of nitrogen functional groups attached to an aromatic ring is 1. The van der Waals surface area contributed by atoms with Crippen molar-refractivity contribution < 1.29 is 8.42 Å². The first-order valence-electron chi connectivity index (χ1n) is 8.10. The van der Waals surface area contributed by atoms with Crippen LogP contribution < -0.4 is 5.73 Å². The highest BCUT2D eigenvalue weighted by molar-refractivity contribution is 7.89. The molecule has 0 spiro atoms. The maximum atomic E-state index is 13.2. The summed E-state index contributed by atoms with van der Waals surface area (Å²) in [5, 5.41) is 0.335. The Bertz CT molecular complexity index is 936. The van der Waals surface area contributed by atoms with Gasteiger partial charge in [-0.3, -0.25) is 0 Å². The summed E-state index contributed by atoms with van der Waals surface area (Å²) in [5.41, 5.74) is 7.87. The Labute approximate surface area is 158 Å². The second-order valence-corrected chi connectivity index (χ2v) is 8.27. The van der Waals surface area contributed by atoms with Crippen molar-refractivity contribution in [3.63, 3.8) is 0 Å². The number of benzene rings is 3. The van der Waals surface area contributed by atoms with Crippen molar-refractivity contribution in [1.29, 1.82) is 0 Å². The molecule has 26 heavy (non-hydrogen) atoms. The summed E-state index contributed by atoms with van der Waals surface area (Å²) >= 11 is 5.94. The number of sulfonamides is 1. The number of hydrogen-bond acceptors (Lipinski definition) is 3. The van der Waals surface area contributed by atoms with Crippen LogP contribution in [0.4, 0.5) is 5.69 Å². The van der Waals surface area contributed by atoms with Gasteiger partial charge in [-0.1, -0.05) is 72.3 Å². The van der Waals surface area contributed by atoms with E-state index in [1.165, 1.54) is 22.5 Å². The van der Waals surface area contributed by atoms with E-state index in [1.807, 2.05) is 60.7 Å². The molecule has 0 fully saturated rings. The van der Waals surface area contributed by atoms with Crippen LogP contribution in [0.3, 0.4) is 0 Å². The van der Waals surface area contributed by atoms with Crippen molar-refractivity contribution in [2.45, 2.75) is 18.0 Å². The Balaban J connectivity index is 1.99. The topological polar surface area (TPSA) is 63.4 Å². The van der Waals surface area contributed by atoms with Crippen molar-refractivity contribution in [1.82, 2.24) is 4.31 Å². The molecule has 0 radical (unpaired) electrons. The van der Waals surface area contributed by atoms with Gasteiger partial charge in [0, 0.05) is 13.1 Å². The monoisotopic (exact) mass is 386 g/mol. The second-order valence-electron chi connectivity index (χ2n) is 5.93. The van der Waals surface area contributed by atoms with E-state index in [4.69, 9.17) is 17.3 Å². The molecule has 2 N–H and O–H groups in total. The van der Waals surface area contributed by atoms with Gasteiger partial charge in [-0.2, -0.15) is 4.31 Å². The molecule has 3 aromatic rings. The minimum absolute atomic E-state index is 0.131. The summed E-state index contributed by atoms with van der Waals surface area (Å²) in [6, 6.07) is 23.4. The fourth-order valence-corrected chi connectivity index (χ4v) is 4.20. The van der Waals surface area contributed by atoms with Crippen LogP contribution in [0, 0.1) is 0 Å². The van der Waals surface area contributed by atoms with Crippen LogP contribution in [-0.2, 0) is 23.1 Å². The number of nitrogens with two attached hydrogens (primary N) is 1. The van der Waals surface area contributed by atoms with Crippen molar-refractivity contribution in [2.75, 3.05) is 5.73 Å². The maximum Gasteiger partial charge on any atom is 0.243 e. The molecule has 0 aliphatic carbocycles. The zero-order chi connectivity index (χ0) is 18.6. The lowest BCUT2D eigenvalue weighted by molar-refractivity contribution is 0.401. The molecular formula is C20H19ClN2O2S. The van der Waals surface area contributed by atoms with Crippen LogP contribution in [0.5, 0.6) is 0 Å². The molecule has 0 saturated carbocycles. The van der Waals surface area contributed by atoms with E-state index in [-0.39, 0.29) is 23.7 Å². The van der Waals surface area contributed by atoms with E-state index in [9.17, 15) is 8.42 Å². The quantitative estimate of drug-likeness (QED) is 0.642. The highest BCUT2D eigenvalue weighted by Crippen LogP contribution is 2.26. The highest BCUT2D eigenvalue weighted by Gasteiger charge is 2.25. The van der Waals surface area contributed by atoms with E-state index in [2.05, 4.69) is 0 Å². The summed E-state index contributed by atoms with van der Waals surface area (Å²) in [4.78, 5) is 0.131. The summed E-state index contributed by atoms with van der Waals surface area (Å²) < 4.78 is 27.9. The van der Waals surface area contributed by atoms with Crippen molar-refractivity contribution in [3.05, 3.63) is 95.0 Å². The van der Waals surface area contributed by atoms with Crippen LogP contribution in [0.15, 0.2) is 83.8 Å². The van der Waals surface area contributed by atoms with Gasteiger partial charge in [-0.15, -0.1) is 0 Å². The van der Waals surface area contributed by atoms with Crippen LogP contribution in [0.1, 0.15) is 11.1 Å². The van der Waals surface area contributed by atoms with Gasteiger partial charge < -0.3 is 5.73 Å². The molecular weight excluding hydrogens is 368 g/mol. The van der Waals surface area contributed by atoms with E-state index in [0.717, 1.165) is 11.1 Å². The number of anilines is 1. The van der Waals surface area contributed by atoms with Crippen molar-refractivity contribution in [2.24, 2.45) is 0 Å². The van der Waals surface area contributed by atoms with Crippen LogP contribution in [0.25, 0.3) is 0 Å². The smallest absolute Gasteiger partial charge is 0.243 e. The van der Waals surface area contributed by atoms with Crippen LogP contribution in [0.2, 0.25) is 5.02 Å². The predicted octanol–water partition coefficient (Wildman–Crippen LogP) is 4.31. The molecule has 0 atom stereocenters. The standard InChI is InChI=1S/C20H19ClN2O2S/c21-19-12-11-18(13-20(19)22)26(24,25)23(14-16-7-3-1-4-8-16)15-17-9-5-2-6-10-17/h1-13H,14-15,22H2. The Morgan fingerprint density at radius 2 is 1.31 bits per heavy atom. The van der Waals surface area contributed by atoms with Gasteiger partial charge in [0.15, 0.2) is 0 Å². The van der Waals surface area contributed by atoms with E-state index in [1.54, 1.807) is 0 Å². The zero-order valence-corrected chi connectivity index (χ0v) is 15.6. The fourth-order valence-electron chi connectivity index (χ4n) is 2.63. The maximum absolute atomic E-state index is 13.2. The van der Waals surface area contributed by atoms with E-state index < -0.39 is 10.0 Å². The summed E-state index contributed by atoms with van der Waals surface area (Å²) in [7, 11) is -3.74. The minimum Gasteiger partial charge on any atom is -0.397 e. The Morgan fingerprint density at radius 1 is 0.808 bits per heavy atom. The number of nitrogens with zero attached hydrogens (tertiary/aromatic N) is 1. The highest BCUT2D eigenvalue weighted by atomic mass is 35.5. The molecule has 0 bridgehead atoms. The first kappa shape index (κ1) is 18.5. The third kappa shape index (κ3) is 4.25. The lowest BCUT2D eigenvalue weighted by atomic mass is 10.2. The fraction of sp³-hybridized carbons (Fsp3) is 0.100. The molecule has 0 amide bonds. The summed E-state index contributed by atoms with van der Waals surface area (Å²) in [5.74, 6) is 0. The molecule has 6 heteroatoms. The van der Waals surface area contributed by atoms with Gasteiger partial charge in [0.2, 0.25) is 10.0 Å². The van der Waals surface area contributed by atoms with E-state index >= 15 is 0 Å². The zero-order valence-electron chi connectivity index (χ0n) is 14.0.